The van der Waals surface area contributed by atoms with Gasteiger partial charge in [-0.1, -0.05) is 0 Å². The summed E-state index contributed by atoms with van der Waals surface area (Å²) < 4.78 is 25.1. The van der Waals surface area contributed by atoms with Crippen LogP contribution in [-0.4, -0.2) is 9.91 Å². The van der Waals surface area contributed by atoms with Gasteiger partial charge in [0.05, 0.1) is 4.92 Å². The molecule has 4 nitrogen and oxygen atoms in total. The van der Waals surface area contributed by atoms with Gasteiger partial charge in [0.2, 0.25) is 0 Å². The number of hydrogen-bond acceptors (Lipinski definition) is 3. The molecule has 0 aromatic carbocycles. The predicted octanol–water partition coefficient (Wildman–Crippen LogP) is 2.84. The topological polar surface area (TPSA) is 56.0 Å². The Morgan fingerprint density at radius 2 is 2.21 bits per heavy atom. The molecule has 0 radical (unpaired) electrons. The van der Waals surface area contributed by atoms with Crippen molar-refractivity contribution in [2.45, 2.75) is 13.3 Å². The van der Waals surface area contributed by atoms with Crippen LogP contribution in [0.5, 0.6) is 0 Å². The van der Waals surface area contributed by atoms with Gasteiger partial charge in [0.25, 0.3) is 12.1 Å². The van der Waals surface area contributed by atoms with Gasteiger partial charge in [0.15, 0.2) is 5.69 Å². The van der Waals surface area contributed by atoms with Crippen molar-refractivity contribution in [1.82, 2.24) is 4.98 Å². The first-order chi connectivity index (χ1) is 6.43. The van der Waals surface area contributed by atoms with Gasteiger partial charge in [-0.2, -0.15) is 0 Å². The van der Waals surface area contributed by atoms with Crippen LogP contribution in [0.2, 0.25) is 0 Å². The molecule has 0 saturated heterocycles. The average Bonchev–Trinajstić information content (AvgIpc) is 2.01. The number of aryl methyl sites for hydroxylation is 1. The number of alkyl halides is 2. The first-order valence-electron chi connectivity index (χ1n) is 3.53. The molecule has 0 fully saturated rings. The average molecular weight is 314 g/mol. The van der Waals surface area contributed by atoms with Gasteiger partial charge >= 0.3 is 0 Å². The molecule has 0 N–H and O–H groups in total. The van der Waals surface area contributed by atoms with E-state index in [1.165, 1.54) is 13.0 Å². The SMILES string of the molecule is Cc1cc(I)nc(C(F)F)c1[N+](=O)[O-]. The number of rotatable bonds is 2. The van der Waals surface area contributed by atoms with Crippen LogP contribution in [0.1, 0.15) is 17.7 Å². The van der Waals surface area contributed by atoms with Gasteiger partial charge in [-0.15, -0.1) is 0 Å². The third kappa shape index (κ3) is 2.14. The molecule has 1 aromatic heterocycles. The fourth-order valence-corrected chi connectivity index (χ4v) is 1.77. The van der Waals surface area contributed by atoms with Crippen molar-refractivity contribution >= 4 is 28.3 Å². The first-order valence-corrected chi connectivity index (χ1v) is 4.61. The second-order valence-corrected chi connectivity index (χ2v) is 3.66. The lowest BCUT2D eigenvalue weighted by Gasteiger charge is -2.03. The van der Waals surface area contributed by atoms with E-state index in [0.717, 1.165) is 0 Å². The van der Waals surface area contributed by atoms with Crippen LogP contribution in [0.3, 0.4) is 0 Å². The highest BCUT2D eigenvalue weighted by Crippen LogP contribution is 2.30. The van der Waals surface area contributed by atoms with Crippen molar-refractivity contribution in [3.05, 3.63) is 31.1 Å². The van der Waals surface area contributed by atoms with Crippen molar-refractivity contribution in [3.8, 4) is 0 Å². The fraction of sp³-hybridized carbons (Fsp3) is 0.286. The van der Waals surface area contributed by atoms with Crippen LogP contribution in [0, 0.1) is 20.7 Å². The van der Waals surface area contributed by atoms with Gasteiger partial charge in [0.1, 0.15) is 3.70 Å². The van der Waals surface area contributed by atoms with E-state index in [9.17, 15) is 18.9 Å². The minimum atomic E-state index is -2.93. The molecule has 0 aliphatic carbocycles. The predicted molar refractivity (Wildman–Crippen MR) is 53.3 cm³/mol. The standard InChI is InChI=1S/C7H5F2IN2O2/c1-3-2-4(10)11-5(7(8)9)6(3)12(13)14/h2,7H,1H3. The van der Waals surface area contributed by atoms with E-state index in [-0.39, 0.29) is 5.56 Å². The molecule has 0 atom stereocenters. The van der Waals surface area contributed by atoms with E-state index < -0.39 is 22.7 Å². The summed E-state index contributed by atoms with van der Waals surface area (Å²) in [6.45, 7) is 1.41. The van der Waals surface area contributed by atoms with Gasteiger partial charge in [-0.25, -0.2) is 13.8 Å². The summed E-state index contributed by atoms with van der Waals surface area (Å²) in [4.78, 5) is 13.1. The summed E-state index contributed by atoms with van der Waals surface area (Å²) in [6.07, 6.45) is -2.93. The van der Waals surface area contributed by atoms with Crippen LogP contribution >= 0.6 is 22.6 Å². The van der Waals surface area contributed by atoms with Gasteiger partial charge in [0, 0.05) is 5.56 Å². The van der Waals surface area contributed by atoms with E-state index in [0.29, 0.717) is 3.70 Å². The molecule has 0 aliphatic heterocycles. The van der Waals surface area contributed by atoms with Crippen molar-refractivity contribution < 1.29 is 13.7 Å². The zero-order chi connectivity index (χ0) is 10.9. The van der Waals surface area contributed by atoms with Crippen LogP contribution in [-0.2, 0) is 0 Å². The van der Waals surface area contributed by atoms with E-state index in [4.69, 9.17) is 0 Å². The number of aromatic nitrogens is 1. The van der Waals surface area contributed by atoms with Crippen LogP contribution in [0.15, 0.2) is 6.07 Å². The summed E-state index contributed by atoms with van der Waals surface area (Å²) in [5.74, 6) is 0. The van der Waals surface area contributed by atoms with E-state index in [1.54, 1.807) is 22.6 Å². The molecule has 0 unspecified atom stereocenters. The molecule has 76 valence electrons. The Hall–Kier alpha value is -0.860. The first kappa shape index (κ1) is 11.2. The maximum absolute atomic E-state index is 12.4. The lowest BCUT2D eigenvalue weighted by atomic mass is 10.2. The minimum Gasteiger partial charge on any atom is -0.258 e. The highest BCUT2D eigenvalue weighted by atomic mass is 127. The molecule has 0 saturated carbocycles. The quantitative estimate of drug-likeness (QED) is 0.365. The van der Waals surface area contributed by atoms with Crippen molar-refractivity contribution in [1.29, 1.82) is 0 Å². The summed E-state index contributed by atoms with van der Waals surface area (Å²) in [5, 5.41) is 10.5. The van der Waals surface area contributed by atoms with Gasteiger partial charge < -0.3 is 0 Å². The monoisotopic (exact) mass is 314 g/mol. The summed E-state index contributed by atoms with van der Waals surface area (Å²) in [7, 11) is 0. The smallest absolute Gasteiger partial charge is 0.258 e. The number of halogens is 3. The van der Waals surface area contributed by atoms with Crippen molar-refractivity contribution in [3.63, 3.8) is 0 Å². The second kappa shape index (κ2) is 4.11. The zero-order valence-electron chi connectivity index (χ0n) is 7.00. The Bertz CT molecular complexity index is 384. The molecule has 1 aromatic rings. The van der Waals surface area contributed by atoms with E-state index >= 15 is 0 Å². The fourth-order valence-electron chi connectivity index (χ4n) is 1.04. The van der Waals surface area contributed by atoms with Gasteiger partial charge in [-0.05, 0) is 35.6 Å². The Kier molecular flexibility index (Phi) is 3.29. The number of nitrogens with zero attached hydrogens (tertiary/aromatic N) is 2. The van der Waals surface area contributed by atoms with Crippen molar-refractivity contribution in [2.24, 2.45) is 0 Å². The molecular formula is C7H5F2IN2O2. The summed E-state index contributed by atoms with van der Waals surface area (Å²) in [6, 6.07) is 1.39. The molecule has 0 spiro atoms. The second-order valence-electron chi connectivity index (χ2n) is 2.55. The summed E-state index contributed by atoms with van der Waals surface area (Å²) in [5.41, 5.74) is -1.16. The number of hydrogen-bond donors (Lipinski definition) is 0. The molecule has 14 heavy (non-hydrogen) atoms. The molecule has 1 rings (SSSR count). The van der Waals surface area contributed by atoms with Crippen molar-refractivity contribution in [2.75, 3.05) is 0 Å². The molecule has 0 amide bonds. The van der Waals surface area contributed by atoms with Gasteiger partial charge in [-0.3, -0.25) is 10.1 Å². The lowest BCUT2D eigenvalue weighted by Crippen LogP contribution is -2.03. The summed E-state index contributed by atoms with van der Waals surface area (Å²) >= 11 is 1.74. The Morgan fingerprint density at radius 3 is 2.64 bits per heavy atom. The highest BCUT2D eigenvalue weighted by molar-refractivity contribution is 14.1. The lowest BCUT2D eigenvalue weighted by molar-refractivity contribution is -0.387. The third-order valence-corrected chi connectivity index (χ3v) is 2.12. The van der Waals surface area contributed by atoms with E-state index in [2.05, 4.69) is 4.98 Å². The minimum absolute atomic E-state index is 0.199. The molecule has 1 heterocycles. The number of nitro groups is 1. The number of pyridine rings is 1. The highest BCUT2D eigenvalue weighted by Gasteiger charge is 2.26. The Labute approximate surface area is 91.6 Å². The zero-order valence-corrected chi connectivity index (χ0v) is 9.16. The maximum atomic E-state index is 12.4. The molecule has 0 aliphatic rings. The van der Waals surface area contributed by atoms with Crippen LogP contribution < -0.4 is 0 Å². The molecular weight excluding hydrogens is 309 g/mol. The maximum Gasteiger partial charge on any atom is 0.299 e. The third-order valence-electron chi connectivity index (χ3n) is 1.57. The Morgan fingerprint density at radius 1 is 1.64 bits per heavy atom. The normalized spacial score (nSPS) is 10.6. The van der Waals surface area contributed by atoms with E-state index in [1.807, 2.05) is 0 Å². The van der Waals surface area contributed by atoms with Crippen LogP contribution in [0.25, 0.3) is 0 Å². The molecule has 0 bridgehead atoms. The largest absolute Gasteiger partial charge is 0.299 e. The van der Waals surface area contributed by atoms with Crippen LogP contribution in [0.4, 0.5) is 14.5 Å². The Balaban J connectivity index is 3.44. The molecule has 7 heteroatoms.